The number of hydrogen-bond donors (Lipinski definition) is 1. The first kappa shape index (κ1) is 20.3. The van der Waals surface area contributed by atoms with Gasteiger partial charge in [0, 0.05) is 51.3 Å². The highest BCUT2D eigenvalue weighted by Crippen LogP contribution is 2.38. The van der Waals surface area contributed by atoms with E-state index in [1.165, 1.54) is 11.6 Å². The maximum Gasteiger partial charge on any atom is 0.127 e. The molecule has 4 nitrogen and oxygen atoms in total. The van der Waals surface area contributed by atoms with Crippen molar-refractivity contribution in [3.8, 4) is 5.75 Å². The van der Waals surface area contributed by atoms with Crippen LogP contribution in [0.15, 0.2) is 36.4 Å². The largest absolute Gasteiger partial charge is 0.486 e. The van der Waals surface area contributed by atoms with E-state index in [4.69, 9.17) is 26.4 Å². The first-order valence-corrected chi connectivity index (χ1v) is 10.4. The molecule has 6 heteroatoms. The summed E-state index contributed by atoms with van der Waals surface area (Å²) in [6.07, 6.45) is 2.96. The van der Waals surface area contributed by atoms with Gasteiger partial charge in [0.25, 0.3) is 0 Å². The van der Waals surface area contributed by atoms with Crippen LogP contribution in [0, 0.1) is 5.82 Å². The topological polar surface area (TPSA) is 39.7 Å². The van der Waals surface area contributed by atoms with Crippen molar-refractivity contribution >= 4 is 22.9 Å². The third-order valence-corrected chi connectivity index (χ3v) is 6.20. The standard InChI is InChI=1S/C23H26FNO3S/c1-15(16-3-5-21-17(11-16)4-6-22(29)25-21)28-20-13-18(12-19(24)14-20)23(26-2)7-9-27-10-8-23/h3,5,11-15H,4,6-10H2,1-2H3,(H,25,29). The summed E-state index contributed by atoms with van der Waals surface area (Å²) in [5.74, 6) is 0.184. The number of nitrogens with one attached hydrogen (secondary N) is 1. The average Bonchev–Trinajstić information content (AvgIpc) is 2.73. The second-order valence-corrected chi connectivity index (χ2v) is 8.20. The Morgan fingerprint density at radius 1 is 1.14 bits per heavy atom. The fourth-order valence-electron chi connectivity index (χ4n) is 4.13. The van der Waals surface area contributed by atoms with Crippen LogP contribution in [-0.2, 0) is 21.5 Å². The molecular formula is C23H26FNO3S. The van der Waals surface area contributed by atoms with E-state index in [-0.39, 0.29) is 11.9 Å². The quantitative estimate of drug-likeness (QED) is 0.671. The van der Waals surface area contributed by atoms with Gasteiger partial charge in [-0.25, -0.2) is 4.39 Å². The number of rotatable bonds is 5. The minimum atomic E-state index is -0.530. The van der Waals surface area contributed by atoms with Gasteiger partial charge in [0.15, 0.2) is 0 Å². The van der Waals surface area contributed by atoms with Gasteiger partial charge in [0.2, 0.25) is 0 Å². The first-order chi connectivity index (χ1) is 14.0. The second-order valence-electron chi connectivity index (χ2n) is 7.71. The van der Waals surface area contributed by atoms with Crippen LogP contribution in [0.1, 0.15) is 49.0 Å². The number of ether oxygens (including phenoxy) is 3. The molecule has 1 N–H and O–H groups in total. The van der Waals surface area contributed by atoms with E-state index in [1.54, 1.807) is 13.2 Å². The van der Waals surface area contributed by atoms with E-state index in [0.29, 0.717) is 31.8 Å². The molecule has 0 aliphatic carbocycles. The van der Waals surface area contributed by atoms with Crippen LogP contribution in [0.2, 0.25) is 0 Å². The summed E-state index contributed by atoms with van der Waals surface area (Å²) in [5, 5.41) is 3.25. The molecule has 0 radical (unpaired) electrons. The van der Waals surface area contributed by atoms with Crippen LogP contribution in [0.5, 0.6) is 5.75 Å². The summed E-state index contributed by atoms with van der Waals surface area (Å²) in [7, 11) is 1.67. The molecule has 2 aromatic rings. The first-order valence-electron chi connectivity index (χ1n) is 10.0. The molecule has 0 saturated carbocycles. The van der Waals surface area contributed by atoms with Crippen molar-refractivity contribution in [1.82, 2.24) is 0 Å². The molecule has 0 spiro atoms. The number of halogens is 1. The van der Waals surface area contributed by atoms with Gasteiger partial charge in [0.05, 0.1) is 10.6 Å². The zero-order valence-electron chi connectivity index (χ0n) is 16.8. The maximum absolute atomic E-state index is 14.4. The van der Waals surface area contributed by atoms with Crippen LogP contribution in [0.25, 0.3) is 0 Å². The number of aryl methyl sites for hydroxylation is 1. The lowest BCUT2D eigenvalue weighted by Crippen LogP contribution is -2.35. The predicted octanol–water partition coefficient (Wildman–Crippen LogP) is 5.30. The Morgan fingerprint density at radius 2 is 1.93 bits per heavy atom. The van der Waals surface area contributed by atoms with Crippen molar-refractivity contribution in [3.05, 3.63) is 58.9 Å². The maximum atomic E-state index is 14.4. The lowest BCUT2D eigenvalue weighted by atomic mass is 9.86. The van der Waals surface area contributed by atoms with Crippen LogP contribution >= 0.6 is 12.2 Å². The van der Waals surface area contributed by atoms with Crippen molar-refractivity contribution in [2.75, 3.05) is 25.6 Å². The predicted molar refractivity (Wildman–Crippen MR) is 115 cm³/mol. The van der Waals surface area contributed by atoms with Gasteiger partial charge in [-0.2, -0.15) is 0 Å². The number of methoxy groups -OCH3 is 1. The Labute approximate surface area is 176 Å². The minimum absolute atomic E-state index is 0.211. The molecular weight excluding hydrogens is 389 g/mol. The summed E-state index contributed by atoms with van der Waals surface area (Å²) in [6, 6.07) is 11.1. The Bertz CT molecular complexity index is 911. The van der Waals surface area contributed by atoms with Gasteiger partial charge in [-0.3, -0.25) is 0 Å². The lowest BCUT2D eigenvalue weighted by Gasteiger charge is -2.36. The molecule has 2 aromatic carbocycles. The number of fused-ring (bicyclic) bond motifs is 1. The summed E-state index contributed by atoms with van der Waals surface area (Å²) in [4.78, 5) is 0.877. The zero-order valence-corrected chi connectivity index (χ0v) is 17.6. The number of benzene rings is 2. The molecule has 0 bridgehead atoms. The highest BCUT2D eigenvalue weighted by molar-refractivity contribution is 7.80. The van der Waals surface area contributed by atoms with Crippen LogP contribution in [0.4, 0.5) is 10.1 Å². The van der Waals surface area contributed by atoms with Gasteiger partial charge in [-0.05, 0) is 48.2 Å². The molecule has 2 aliphatic heterocycles. The Balaban J connectivity index is 1.56. The fraction of sp³-hybridized carbons (Fsp3) is 0.435. The van der Waals surface area contributed by atoms with Crippen LogP contribution in [0.3, 0.4) is 0 Å². The van der Waals surface area contributed by atoms with Gasteiger partial charge in [-0.15, -0.1) is 0 Å². The Morgan fingerprint density at radius 3 is 2.69 bits per heavy atom. The Kier molecular flexibility index (Phi) is 5.86. The highest BCUT2D eigenvalue weighted by Gasteiger charge is 2.35. The Hall–Kier alpha value is -2.02. The van der Waals surface area contributed by atoms with Crippen molar-refractivity contribution in [2.24, 2.45) is 0 Å². The summed E-state index contributed by atoms with van der Waals surface area (Å²) in [6.45, 7) is 3.18. The smallest absolute Gasteiger partial charge is 0.127 e. The van der Waals surface area contributed by atoms with Gasteiger partial charge in [-0.1, -0.05) is 24.4 Å². The second kappa shape index (κ2) is 8.38. The highest BCUT2D eigenvalue weighted by atomic mass is 32.1. The third kappa shape index (κ3) is 4.29. The monoisotopic (exact) mass is 415 g/mol. The van der Waals surface area contributed by atoms with Crippen LogP contribution < -0.4 is 10.1 Å². The van der Waals surface area contributed by atoms with Crippen molar-refractivity contribution in [1.29, 1.82) is 0 Å². The van der Waals surface area contributed by atoms with E-state index in [2.05, 4.69) is 11.4 Å². The van der Waals surface area contributed by atoms with E-state index in [9.17, 15) is 4.39 Å². The van der Waals surface area contributed by atoms with Crippen molar-refractivity contribution in [3.63, 3.8) is 0 Å². The SMILES string of the molecule is COC1(c2cc(F)cc(OC(C)c3ccc4c(c3)CCC(=S)N4)c2)CCOCC1. The van der Waals surface area contributed by atoms with Gasteiger partial charge >= 0.3 is 0 Å². The van der Waals surface area contributed by atoms with E-state index >= 15 is 0 Å². The molecule has 0 amide bonds. The fourth-order valence-corrected chi connectivity index (χ4v) is 4.35. The van der Waals surface area contributed by atoms with Crippen molar-refractivity contribution in [2.45, 2.75) is 44.3 Å². The van der Waals surface area contributed by atoms with Crippen LogP contribution in [-0.4, -0.2) is 25.3 Å². The zero-order chi connectivity index (χ0) is 20.4. The van der Waals surface area contributed by atoms with Gasteiger partial charge in [0.1, 0.15) is 17.7 Å². The lowest BCUT2D eigenvalue weighted by molar-refractivity contribution is -0.0950. The molecule has 0 aromatic heterocycles. The van der Waals surface area contributed by atoms with E-state index in [0.717, 1.165) is 34.6 Å². The van der Waals surface area contributed by atoms with Crippen molar-refractivity contribution < 1.29 is 18.6 Å². The molecule has 29 heavy (non-hydrogen) atoms. The molecule has 2 aliphatic rings. The minimum Gasteiger partial charge on any atom is -0.486 e. The molecule has 2 heterocycles. The third-order valence-electron chi connectivity index (χ3n) is 5.90. The molecule has 1 saturated heterocycles. The molecule has 1 unspecified atom stereocenters. The summed E-state index contributed by atoms with van der Waals surface area (Å²) in [5.41, 5.74) is 3.61. The summed E-state index contributed by atoms with van der Waals surface area (Å²) < 4.78 is 31.8. The van der Waals surface area contributed by atoms with Gasteiger partial charge < -0.3 is 19.5 Å². The number of hydrogen-bond acceptors (Lipinski definition) is 4. The number of thiocarbonyl (C=S) groups is 1. The molecule has 1 atom stereocenters. The summed E-state index contributed by atoms with van der Waals surface area (Å²) >= 11 is 5.26. The average molecular weight is 416 g/mol. The van der Waals surface area contributed by atoms with E-state index in [1.807, 2.05) is 25.1 Å². The molecule has 4 rings (SSSR count). The molecule has 154 valence electrons. The van der Waals surface area contributed by atoms with E-state index < -0.39 is 5.60 Å². The normalized spacial score (nSPS) is 19.2. The number of anilines is 1. The molecule has 1 fully saturated rings.